The first-order valence-electron chi connectivity index (χ1n) is 10.4. The standard InChI is InChI=1S/C26H27NO2/c28-25(27-18-16-22(17-19-27)21-10-4-1-5-11-21)20-29-26(23-12-6-2-7-13-23)24-14-8-3-9-15-24/h1-15,22,26H,16-20H2. The number of nitrogens with zero attached hydrogens (tertiary/aromatic N) is 1. The Labute approximate surface area is 172 Å². The minimum atomic E-state index is -0.233. The van der Waals surface area contributed by atoms with E-state index >= 15 is 0 Å². The third-order valence-electron chi connectivity index (χ3n) is 5.70. The molecule has 29 heavy (non-hydrogen) atoms. The molecule has 1 aliphatic rings. The zero-order valence-corrected chi connectivity index (χ0v) is 16.6. The number of piperidine rings is 1. The van der Waals surface area contributed by atoms with E-state index in [0.29, 0.717) is 5.92 Å². The highest BCUT2D eigenvalue weighted by Gasteiger charge is 2.25. The van der Waals surface area contributed by atoms with Crippen molar-refractivity contribution >= 4 is 5.91 Å². The van der Waals surface area contributed by atoms with E-state index in [-0.39, 0.29) is 18.6 Å². The van der Waals surface area contributed by atoms with Gasteiger partial charge >= 0.3 is 0 Å². The Balaban J connectivity index is 1.36. The molecule has 0 aliphatic carbocycles. The maximum atomic E-state index is 12.8. The molecule has 0 bridgehead atoms. The molecule has 0 radical (unpaired) electrons. The lowest BCUT2D eigenvalue weighted by molar-refractivity contribution is -0.138. The minimum absolute atomic E-state index is 0.0772. The third-order valence-corrected chi connectivity index (χ3v) is 5.70. The Morgan fingerprint density at radius 1 is 0.793 bits per heavy atom. The van der Waals surface area contributed by atoms with Gasteiger partial charge in [-0.25, -0.2) is 0 Å². The maximum absolute atomic E-state index is 12.8. The monoisotopic (exact) mass is 385 g/mol. The van der Waals surface area contributed by atoms with Crippen molar-refractivity contribution in [3.63, 3.8) is 0 Å². The predicted molar refractivity (Wildman–Crippen MR) is 116 cm³/mol. The molecule has 4 rings (SSSR count). The third kappa shape index (κ3) is 4.93. The van der Waals surface area contributed by atoms with Crippen LogP contribution in [0, 0.1) is 0 Å². The quantitative estimate of drug-likeness (QED) is 0.584. The normalized spacial score (nSPS) is 14.9. The summed E-state index contributed by atoms with van der Waals surface area (Å²) in [6.45, 7) is 1.69. The number of hydrogen-bond acceptors (Lipinski definition) is 2. The molecule has 0 N–H and O–H groups in total. The van der Waals surface area contributed by atoms with Crippen LogP contribution in [0.5, 0.6) is 0 Å². The van der Waals surface area contributed by atoms with Crippen molar-refractivity contribution < 1.29 is 9.53 Å². The average Bonchev–Trinajstić information content (AvgIpc) is 2.81. The molecule has 0 saturated carbocycles. The smallest absolute Gasteiger partial charge is 0.248 e. The lowest BCUT2D eigenvalue weighted by atomic mass is 9.89. The second kappa shape index (κ2) is 9.53. The van der Waals surface area contributed by atoms with E-state index in [1.54, 1.807) is 0 Å². The number of rotatable bonds is 6. The molecule has 0 atom stereocenters. The number of ether oxygens (including phenoxy) is 1. The Hall–Kier alpha value is -2.91. The summed E-state index contributed by atoms with van der Waals surface area (Å²) in [4.78, 5) is 14.8. The molecule has 148 valence electrons. The van der Waals surface area contributed by atoms with Gasteiger partial charge in [0.2, 0.25) is 5.91 Å². The summed E-state index contributed by atoms with van der Waals surface area (Å²) in [5, 5.41) is 0. The molecule has 1 fully saturated rings. The number of carbonyl (C=O) groups is 1. The molecule has 0 spiro atoms. The summed E-state index contributed by atoms with van der Waals surface area (Å²) in [5.41, 5.74) is 3.51. The average molecular weight is 386 g/mol. The van der Waals surface area contributed by atoms with E-state index in [1.807, 2.05) is 65.6 Å². The number of carbonyl (C=O) groups excluding carboxylic acids is 1. The van der Waals surface area contributed by atoms with E-state index in [2.05, 4.69) is 30.3 Å². The van der Waals surface area contributed by atoms with Crippen molar-refractivity contribution in [3.05, 3.63) is 108 Å². The minimum Gasteiger partial charge on any atom is -0.359 e. The first-order chi connectivity index (χ1) is 14.3. The predicted octanol–water partition coefficient (Wildman–Crippen LogP) is 5.20. The first kappa shape index (κ1) is 19.4. The molecule has 1 heterocycles. The fourth-order valence-electron chi connectivity index (χ4n) is 4.07. The fraction of sp³-hybridized carbons (Fsp3) is 0.269. The lowest BCUT2D eigenvalue weighted by Gasteiger charge is -2.32. The van der Waals surface area contributed by atoms with Crippen molar-refractivity contribution in [2.24, 2.45) is 0 Å². The summed E-state index contributed by atoms with van der Waals surface area (Å²) < 4.78 is 6.15. The second-order valence-corrected chi connectivity index (χ2v) is 7.58. The highest BCUT2D eigenvalue weighted by atomic mass is 16.5. The zero-order valence-electron chi connectivity index (χ0n) is 16.6. The van der Waals surface area contributed by atoms with Crippen LogP contribution in [0.1, 0.15) is 41.6 Å². The van der Waals surface area contributed by atoms with Crippen molar-refractivity contribution in [3.8, 4) is 0 Å². The molecule has 0 unspecified atom stereocenters. The van der Waals surface area contributed by atoms with Crippen molar-refractivity contribution in [1.29, 1.82) is 0 Å². The van der Waals surface area contributed by atoms with E-state index in [1.165, 1.54) is 5.56 Å². The van der Waals surface area contributed by atoms with Crippen LogP contribution in [-0.4, -0.2) is 30.5 Å². The Morgan fingerprint density at radius 3 is 1.79 bits per heavy atom. The molecule has 1 saturated heterocycles. The summed E-state index contributed by atoms with van der Waals surface area (Å²) in [6.07, 6.45) is 1.79. The summed E-state index contributed by atoms with van der Waals surface area (Å²) in [5.74, 6) is 0.621. The van der Waals surface area contributed by atoms with Gasteiger partial charge in [-0.1, -0.05) is 91.0 Å². The summed E-state index contributed by atoms with van der Waals surface area (Å²) in [6, 6.07) is 30.8. The number of likely N-dealkylation sites (tertiary alicyclic amines) is 1. The summed E-state index contributed by atoms with van der Waals surface area (Å²) >= 11 is 0. The molecule has 3 aromatic rings. The van der Waals surface area contributed by atoms with Gasteiger partial charge in [-0.2, -0.15) is 0 Å². The van der Waals surface area contributed by atoms with E-state index in [0.717, 1.165) is 37.1 Å². The van der Waals surface area contributed by atoms with Crippen LogP contribution in [0.2, 0.25) is 0 Å². The molecule has 1 aliphatic heterocycles. The van der Waals surface area contributed by atoms with E-state index < -0.39 is 0 Å². The van der Waals surface area contributed by atoms with Gasteiger partial charge in [0.1, 0.15) is 12.7 Å². The van der Waals surface area contributed by atoms with Gasteiger partial charge in [-0.05, 0) is 35.4 Å². The highest BCUT2D eigenvalue weighted by Crippen LogP contribution is 2.29. The fourth-order valence-corrected chi connectivity index (χ4v) is 4.07. The molecular weight excluding hydrogens is 358 g/mol. The lowest BCUT2D eigenvalue weighted by Crippen LogP contribution is -2.40. The molecule has 0 aromatic heterocycles. The number of benzene rings is 3. The van der Waals surface area contributed by atoms with Gasteiger partial charge in [-0.3, -0.25) is 4.79 Å². The largest absolute Gasteiger partial charge is 0.359 e. The number of hydrogen-bond donors (Lipinski definition) is 0. The van der Waals surface area contributed by atoms with Crippen LogP contribution in [0.25, 0.3) is 0 Å². The van der Waals surface area contributed by atoms with Crippen molar-refractivity contribution in [1.82, 2.24) is 4.90 Å². The molecule has 3 heteroatoms. The molecule has 1 amide bonds. The topological polar surface area (TPSA) is 29.5 Å². The highest BCUT2D eigenvalue weighted by molar-refractivity contribution is 5.77. The van der Waals surface area contributed by atoms with Crippen molar-refractivity contribution in [2.75, 3.05) is 19.7 Å². The summed E-state index contributed by atoms with van der Waals surface area (Å²) in [7, 11) is 0. The molecular formula is C26H27NO2. The van der Waals surface area contributed by atoms with E-state index in [4.69, 9.17) is 4.74 Å². The Kier molecular flexibility index (Phi) is 6.38. The van der Waals surface area contributed by atoms with Gasteiger partial charge in [0.25, 0.3) is 0 Å². The van der Waals surface area contributed by atoms with Crippen LogP contribution < -0.4 is 0 Å². The van der Waals surface area contributed by atoms with Gasteiger partial charge in [0, 0.05) is 13.1 Å². The Morgan fingerprint density at radius 2 is 1.28 bits per heavy atom. The maximum Gasteiger partial charge on any atom is 0.248 e. The van der Waals surface area contributed by atoms with Crippen LogP contribution in [0.15, 0.2) is 91.0 Å². The van der Waals surface area contributed by atoms with Gasteiger partial charge in [0.15, 0.2) is 0 Å². The van der Waals surface area contributed by atoms with Gasteiger partial charge < -0.3 is 9.64 Å². The van der Waals surface area contributed by atoms with Crippen LogP contribution in [0.3, 0.4) is 0 Å². The van der Waals surface area contributed by atoms with Crippen molar-refractivity contribution in [2.45, 2.75) is 24.9 Å². The first-order valence-corrected chi connectivity index (χ1v) is 10.4. The number of amides is 1. The van der Waals surface area contributed by atoms with Gasteiger partial charge in [-0.15, -0.1) is 0 Å². The SMILES string of the molecule is O=C(COC(c1ccccc1)c1ccccc1)N1CCC(c2ccccc2)CC1. The van der Waals surface area contributed by atoms with Crippen LogP contribution >= 0.6 is 0 Å². The van der Waals surface area contributed by atoms with E-state index in [9.17, 15) is 4.79 Å². The van der Waals surface area contributed by atoms with Gasteiger partial charge in [0.05, 0.1) is 0 Å². The van der Waals surface area contributed by atoms with Crippen LogP contribution in [-0.2, 0) is 9.53 Å². The molecule has 3 nitrogen and oxygen atoms in total. The Bertz CT molecular complexity index is 848. The van der Waals surface area contributed by atoms with Crippen LogP contribution in [0.4, 0.5) is 0 Å². The molecule has 3 aromatic carbocycles. The second-order valence-electron chi connectivity index (χ2n) is 7.58. The zero-order chi connectivity index (χ0) is 19.9.